The van der Waals surface area contributed by atoms with Crippen LogP contribution in [0, 0.1) is 26.6 Å². The van der Waals surface area contributed by atoms with Crippen LogP contribution >= 0.6 is 0 Å². The summed E-state index contributed by atoms with van der Waals surface area (Å²) in [5.74, 6) is -1.51. The number of hydrogen-bond donors (Lipinski definition) is 0. The fourth-order valence-electron chi connectivity index (χ4n) is 14.6. The molecule has 0 N–H and O–H groups in total. The molecule has 0 fully saturated rings. The van der Waals surface area contributed by atoms with E-state index in [9.17, 15) is 38.0 Å². The van der Waals surface area contributed by atoms with Crippen molar-refractivity contribution in [1.82, 2.24) is 49.8 Å². The van der Waals surface area contributed by atoms with Gasteiger partial charge in [0.2, 0.25) is 5.89 Å². The Morgan fingerprint density at radius 2 is 0.802 bits per heavy atom. The Bertz CT molecular complexity index is 5170. The molecule has 26 heteroatoms. The van der Waals surface area contributed by atoms with Crippen molar-refractivity contribution in [3.05, 3.63) is 310 Å². The second kappa shape index (κ2) is 39.6. The summed E-state index contributed by atoms with van der Waals surface area (Å²) in [6.45, 7) is 30.6. The molecule has 15 rings (SSSR count). The van der Waals surface area contributed by atoms with Gasteiger partial charge in [-0.05, 0) is 129 Å². The van der Waals surface area contributed by atoms with Gasteiger partial charge in [0.05, 0.1) is 62.4 Å². The molecule has 0 bridgehead atoms. The third-order valence-electron chi connectivity index (χ3n) is 20.4. The molecular formula is C90H95FN10O15. The zero-order valence-corrected chi connectivity index (χ0v) is 66.4. The molecule has 5 unspecified atom stereocenters. The highest BCUT2D eigenvalue weighted by Crippen LogP contribution is 2.36. The summed E-state index contributed by atoms with van der Waals surface area (Å²) in [4.78, 5) is 108. The van der Waals surface area contributed by atoms with Gasteiger partial charge in [-0.1, -0.05) is 151 Å². The monoisotopic (exact) mass is 1570 g/mol. The summed E-state index contributed by atoms with van der Waals surface area (Å²) in [5.41, 5.74) is 16.4. The maximum atomic E-state index is 14.1. The molecule has 5 aliphatic rings. The molecule has 10 aromatic rings. The number of esters is 5. The number of aryl methyl sites for hydroxylation is 3. The normalized spacial score (nSPS) is 16.7. The molecule has 5 aromatic heterocycles. The topological polar surface area (TPSA) is 286 Å². The molecular weight excluding hydrogens is 1480 g/mol. The highest BCUT2D eigenvalue weighted by molar-refractivity contribution is 5.98. The Morgan fingerprint density at radius 1 is 0.431 bits per heavy atom. The van der Waals surface area contributed by atoms with Crippen molar-refractivity contribution in [1.29, 1.82) is 0 Å². The number of nitrogens with zero attached hydrogens (tertiary/aromatic N) is 10. The van der Waals surface area contributed by atoms with Gasteiger partial charge < -0.3 is 61.6 Å². The first-order chi connectivity index (χ1) is 56.1. The second-order valence-electron chi connectivity index (χ2n) is 27.8. The van der Waals surface area contributed by atoms with Gasteiger partial charge in [0.15, 0.2) is 11.5 Å². The quantitative estimate of drug-likeness (QED) is 0.0569. The maximum absolute atomic E-state index is 14.1. The highest BCUT2D eigenvalue weighted by Gasteiger charge is 2.41. The lowest BCUT2D eigenvalue weighted by atomic mass is 9.92. The number of carbonyl (C=O) groups is 7. The highest BCUT2D eigenvalue weighted by atomic mass is 19.1. The first-order valence-corrected chi connectivity index (χ1v) is 38.6. The molecule has 5 aliphatic heterocycles. The Balaban J connectivity index is 0.000000143. The molecule has 0 saturated carbocycles. The van der Waals surface area contributed by atoms with E-state index in [-0.39, 0.29) is 54.0 Å². The molecule has 0 spiro atoms. The zero-order valence-electron chi connectivity index (χ0n) is 66.4. The molecule has 0 saturated heterocycles. The predicted molar refractivity (Wildman–Crippen MR) is 428 cm³/mol. The average Bonchev–Trinajstić information content (AvgIpc) is 1.05. The number of carbonyl (C=O) groups excluding carboxylic acids is 7. The lowest BCUT2D eigenvalue weighted by molar-refractivity contribution is -0.149. The van der Waals surface area contributed by atoms with Crippen LogP contribution in [-0.2, 0) is 112 Å². The number of hydrogen-bond acceptors (Lipinski definition) is 23. The zero-order chi connectivity index (χ0) is 82.5. The van der Waals surface area contributed by atoms with E-state index in [0.717, 1.165) is 67.8 Å². The fraction of sp³-hybridized carbons (Fsp3) is 0.311. The summed E-state index contributed by atoms with van der Waals surface area (Å²) in [5, 5.41) is 7.67. The second-order valence-corrected chi connectivity index (χ2v) is 27.8. The van der Waals surface area contributed by atoms with Crippen LogP contribution in [0.25, 0.3) is 17.1 Å². The molecule has 10 heterocycles. The molecule has 116 heavy (non-hydrogen) atoms. The fourth-order valence-corrected chi connectivity index (χ4v) is 14.6. The van der Waals surface area contributed by atoms with Gasteiger partial charge in [-0.25, -0.2) is 33.3 Å². The molecule has 5 atom stereocenters. The Kier molecular flexibility index (Phi) is 28.6. The van der Waals surface area contributed by atoms with Crippen LogP contribution in [0.1, 0.15) is 145 Å². The lowest BCUT2D eigenvalue weighted by Gasteiger charge is -2.38. The van der Waals surface area contributed by atoms with Crippen LogP contribution < -0.4 is 0 Å². The minimum absolute atomic E-state index is 0.173. The van der Waals surface area contributed by atoms with E-state index >= 15 is 0 Å². The van der Waals surface area contributed by atoms with Crippen molar-refractivity contribution in [3.8, 4) is 0 Å². The Morgan fingerprint density at radius 3 is 1.15 bits per heavy atom. The van der Waals surface area contributed by atoms with Crippen molar-refractivity contribution in [2.75, 3.05) is 33.0 Å². The van der Waals surface area contributed by atoms with Crippen LogP contribution in [0.5, 0.6) is 0 Å². The van der Waals surface area contributed by atoms with Crippen LogP contribution in [0.4, 0.5) is 4.39 Å². The number of aromatic nitrogens is 5. The molecule has 0 radical (unpaired) electrons. The molecule has 5 aromatic carbocycles. The van der Waals surface area contributed by atoms with E-state index < -0.39 is 36.0 Å². The molecule has 602 valence electrons. The molecule has 2 amide bonds. The van der Waals surface area contributed by atoms with E-state index in [2.05, 4.69) is 63.2 Å². The summed E-state index contributed by atoms with van der Waals surface area (Å²) in [6.07, 6.45) is 11.5. The van der Waals surface area contributed by atoms with Crippen molar-refractivity contribution >= 4 is 58.8 Å². The van der Waals surface area contributed by atoms with Crippen LogP contribution in [0.2, 0.25) is 0 Å². The third kappa shape index (κ3) is 20.1. The number of ether oxygens (including phenoxy) is 5. The smallest absolute Gasteiger partial charge is 0.329 e. The Labute approximate surface area is 673 Å². The number of rotatable bonds is 18. The summed E-state index contributed by atoms with van der Waals surface area (Å²) >= 11 is 0. The van der Waals surface area contributed by atoms with Gasteiger partial charge >= 0.3 is 29.8 Å². The predicted octanol–water partition coefficient (Wildman–Crippen LogP) is 13.4. The van der Waals surface area contributed by atoms with Crippen molar-refractivity contribution in [2.45, 2.75) is 150 Å². The number of oxazole rings is 1. The van der Waals surface area contributed by atoms with E-state index in [1.807, 2.05) is 146 Å². The van der Waals surface area contributed by atoms with Gasteiger partial charge in [-0.15, -0.1) is 0 Å². The number of pyridine rings is 2. The van der Waals surface area contributed by atoms with Gasteiger partial charge in [0, 0.05) is 112 Å². The van der Waals surface area contributed by atoms with E-state index in [4.69, 9.17) is 37.1 Å². The van der Waals surface area contributed by atoms with Crippen LogP contribution in [0.3, 0.4) is 0 Å². The largest absolute Gasteiger partial charge is 0.464 e. The number of fused-ring (bicyclic) bond motifs is 5. The lowest BCUT2D eigenvalue weighted by Crippen LogP contribution is -2.49. The summed E-state index contributed by atoms with van der Waals surface area (Å²) < 4.78 is 55.4. The van der Waals surface area contributed by atoms with Crippen molar-refractivity contribution in [2.24, 2.45) is 0 Å². The number of amides is 2. The van der Waals surface area contributed by atoms with Crippen molar-refractivity contribution < 1.29 is 75.1 Å². The SMILES string of the molecule is C=C(c1ccncc1F)N1Cc2ccccc2CC1C(=O)OCC.C=C(c1conc1C)N1Cc2ccccc2CC1C(=O)OCC.C=C(c1ncco1)N1Cc2ccccc2CC1C(=O)OCC.CCOC(=O)C1Cc2ccccc2CN1C(=O)c1cc(C)on1.CCOC(=O)C1Cc2ccccc2CN1C(=O)c1ccnc(C)c1. The van der Waals surface area contributed by atoms with Gasteiger partial charge in [0.25, 0.3) is 11.8 Å². The summed E-state index contributed by atoms with van der Waals surface area (Å²) in [7, 11) is 0. The maximum Gasteiger partial charge on any atom is 0.329 e. The first-order valence-electron chi connectivity index (χ1n) is 38.6. The Hall–Kier alpha value is -13.1. The van der Waals surface area contributed by atoms with Gasteiger partial charge in [-0.2, -0.15) is 0 Å². The van der Waals surface area contributed by atoms with Gasteiger partial charge in [0.1, 0.15) is 48.5 Å². The number of benzene rings is 5. The average molecular weight is 1580 g/mol. The van der Waals surface area contributed by atoms with Gasteiger partial charge in [-0.3, -0.25) is 19.6 Å². The van der Waals surface area contributed by atoms with Crippen LogP contribution in [-0.4, -0.2) is 155 Å². The molecule has 0 aliphatic carbocycles. The van der Waals surface area contributed by atoms with E-state index in [1.54, 1.807) is 75.5 Å². The van der Waals surface area contributed by atoms with Crippen molar-refractivity contribution in [3.63, 3.8) is 0 Å². The summed E-state index contributed by atoms with van der Waals surface area (Å²) in [6, 6.07) is 43.9. The third-order valence-corrected chi connectivity index (χ3v) is 20.4. The van der Waals surface area contributed by atoms with E-state index in [1.165, 1.54) is 34.1 Å². The number of halogens is 1. The molecule has 25 nitrogen and oxygen atoms in total. The minimum atomic E-state index is -0.644. The standard InChI is InChI=1S/C19H19FN2O2.C19H20N2O3.C18H20N2O3.C17H18N2O4.C17H18N2O3/c1-3-24-19(23)18-10-14-6-4-5-7-15(14)12-22(18)13(2)16-8-9-21-11-17(16)20;1-3-24-19(23)17-11-14-6-4-5-7-16(14)12-21(17)18(22)15-8-9-20-13(2)10-15;1-4-22-18(21)17-9-14-7-5-6-8-15(14)10-20(17)13(3)16-11-23-19-12(16)2;1-3-22-17(21)15-9-12-6-4-5-7-13(12)10-19(15)16(20)14-8-11(2)23-18-14;1-3-21-17(20)15-10-13-6-4-5-7-14(13)11-19(15)12(2)16-18-8-9-22-16/h4-9,11,18H,2-3,10,12H2,1H3;4-10,17H,3,11-12H2,1-2H3;5-8,11,17H,3-4,9-10H2,1-2H3;4-8,15H,3,9-10H2,1-2H3;4-9,15H,2-3,10-11H2,1H3. The van der Waals surface area contributed by atoms with E-state index in [0.29, 0.717) is 125 Å². The first kappa shape index (κ1) is 83.8. The van der Waals surface area contributed by atoms with Crippen LogP contribution in [0.15, 0.2) is 216 Å². The minimum Gasteiger partial charge on any atom is -0.464 e.